The molecule has 19 heavy (non-hydrogen) atoms. The van der Waals surface area contributed by atoms with E-state index in [0.717, 1.165) is 11.0 Å². The van der Waals surface area contributed by atoms with Gasteiger partial charge >= 0.3 is 0 Å². The van der Waals surface area contributed by atoms with Gasteiger partial charge < -0.3 is 5.43 Å². The number of hydrazine groups is 1. The van der Waals surface area contributed by atoms with Gasteiger partial charge in [0.1, 0.15) is 0 Å². The molecule has 0 radical (unpaired) electrons. The lowest BCUT2D eigenvalue weighted by Crippen LogP contribution is -2.27. The maximum atomic E-state index is 11.7. The van der Waals surface area contributed by atoms with Gasteiger partial charge in [-0.15, -0.1) is 4.83 Å². The monoisotopic (exact) mass is 274 g/mol. The molecule has 2 aromatic carbocycles. The second-order valence-corrected chi connectivity index (χ2v) is 5.42. The summed E-state index contributed by atoms with van der Waals surface area (Å²) < 4.78 is 23.4. The summed E-state index contributed by atoms with van der Waals surface area (Å²) in [6, 6.07) is 18.3. The first kappa shape index (κ1) is 13.3. The zero-order valence-corrected chi connectivity index (χ0v) is 11.0. The lowest BCUT2D eigenvalue weighted by molar-refractivity contribution is 0.597. The SMILES string of the molecule is O=S(=O)(/C=C/c1ccccc1)NNc1ccccc1. The average molecular weight is 274 g/mol. The molecule has 0 aromatic heterocycles. The molecule has 0 saturated heterocycles. The molecule has 0 unspecified atom stereocenters. The lowest BCUT2D eigenvalue weighted by atomic mass is 10.2. The van der Waals surface area contributed by atoms with Crippen LogP contribution in [0.1, 0.15) is 5.56 Å². The zero-order chi connectivity index (χ0) is 13.6. The second-order valence-electron chi connectivity index (χ2n) is 3.85. The Morgan fingerprint density at radius 1 is 0.842 bits per heavy atom. The van der Waals surface area contributed by atoms with Gasteiger partial charge in [0.15, 0.2) is 0 Å². The Morgan fingerprint density at radius 3 is 2.05 bits per heavy atom. The van der Waals surface area contributed by atoms with E-state index in [1.54, 1.807) is 12.1 Å². The molecular formula is C14H14N2O2S. The minimum Gasteiger partial charge on any atom is -0.308 e. The van der Waals surface area contributed by atoms with Gasteiger partial charge in [-0.05, 0) is 23.8 Å². The van der Waals surface area contributed by atoms with Crippen molar-refractivity contribution in [1.29, 1.82) is 0 Å². The Bertz CT molecular complexity index is 638. The van der Waals surface area contributed by atoms with Crippen LogP contribution in [0.5, 0.6) is 0 Å². The van der Waals surface area contributed by atoms with Crippen LogP contribution in [0.4, 0.5) is 5.69 Å². The van der Waals surface area contributed by atoms with Crippen molar-refractivity contribution in [2.75, 3.05) is 5.43 Å². The van der Waals surface area contributed by atoms with Crippen LogP contribution in [0.15, 0.2) is 66.1 Å². The third-order valence-corrected chi connectivity index (χ3v) is 3.23. The molecule has 0 amide bonds. The molecule has 0 aliphatic rings. The number of sulfonamides is 1. The summed E-state index contributed by atoms with van der Waals surface area (Å²) in [5, 5.41) is 1.12. The normalized spacial score (nSPS) is 11.6. The summed E-state index contributed by atoms with van der Waals surface area (Å²) in [5.74, 6) is 0. The molecule has 0 bridgehead atoms. The van der Waals surface area contributed by atoms with E-state index in [9.17, 15) is 8.42 Å². The summed E-state index contributed by atoms with van der Waals surface area (Å²) in [4.78, 5) is 2.28. The van der Waals surface area contributed by atoms with Crippen LogP contribution in [-0.2, 0) is 10.0 Å². The predicted molar refractivity (Wildman–Crippen MR) is 77.6 cm³/mol. The summed E-state index contributed by atoms with van der Waals surface area (Å²) in [6.07, 6.45) is 1.54. The highest BCUT2D eigenvalue weighted by Crippen LogP contribution is 2.05. The molecule has 4 nitrogen and oxygen atoms in total. The van der Waals surface area contributed by atoms with E-state index in [1.807, 2.05) is 48.5 Å². The van der Waals surface area contributed by atoms with Crippen molar-refractivity contribution in [1.82, 2.24) is 4.83 Å². The summed E-state index contributed by atoms with van der Waals surface area (Å²) >= 11 is 0. The molecule has 98 valence electrons. The van der Waals surface area contributed by atoms with Crippen molar-refractivity contribution >= 4 is 21.8 Å². The first-order valence-corrected chi connectivity index (χ1v) is 7.26. The van der Waals surface area contributed by atoms with Crippen LogP contribution in [0, 0.1) is 0 Å². The summed E-state index contributed by atoms with van der Waals surface area (Å²) in [6.45, 7) is 0. The maximum absolute atomic E-state index is 11.7. The van der Waals surface area contributed by atoms with Gasteiger partial charge in [0.25, 0.3) is 0 Å². The van der Waals surface area contributed by atoms with Crippen LogP contribution < -0.4 is 10.3 Å². The Balaban J connectivity index is 1.98. The molecule has 0 fully saturated rings. The quantitative estimate of drug-likeness (QED) is 0.824. The first-order valence-electron chi connectivity index (χ1n) is 5.72. The Labute approximate surface area is 112 Å². The molecule has 0 aliphatic heterocycles. The third kappa shape index (κ3) is 4.57. The molecule has 0 atom stereocenters. The minimum atomic E-state index is -3.52. The van der Waals surface area contributed by atoms with Crippen molar-refractivity contribution in [2.45, 2.75) is 0 Å². The fraction of sp³-hybridized carbons (Fsp3) is 0. The van der Waals surface area contributed by atoms with E-state index < -0.39 is 10.0 Å². The fourth-order valence-corrected chi connectivity index (χ4v) is 2.08. The van der Waals surface area contributed by atoms with E-state index >= 15 is 0 Å². The molecule has 0 aliphatic carbocycles. The van der Waals surface area contributed by atoms with Crippen LogP contribution in [0.2, 0.25) is 0 Å². The van der Waals surface area contributed by atoms with E-state index in [-0.39, 0.29) is 0 Å². The number of rotatable bonds is 5. The van der Waals surface area contributed by atoms with Gasteiger partial charge in [0.05, 0.1) is 0 Å². The smallest absolute Gasteiger partial charge is 0.250 e. The maximum Gasteiger partial charge on any atom is 0.250 e. The average Bonchev–Trinajstić information content (AvgIpc) is 2.46. The first-order chi connectivity index (χ1) is 9.16. The van der Waals surface area contributed by atoms with Crippen molar-refractivity contribution < 1.29 is 8.42 Å². The van der Waals surface area contributed by atoms with E-state index in [2.05, 4.69) is 10.3 Å². The Morgan fingerprint density at radius 2 is 1.42 bits per heavy atom. The predicted octanol–water partition coefficient (Wildman–Crippen LogP) is 2.60. The van der Waals surface area contributed by atoms with Crippen molar-refractivity contribution in [3.63, 3.8) is 0 Å². The standard InChI is InChI=1S/C14H14N2O2S/c17-19(18,12-11-13-7-3-1-4-8-13)16-15-14-9-5-2-6-10-14/h1-12,15-16H/b12-11+. The highest BCUT2D eigenvalue weighted by molar-refractivity contribution is 7.92. The van der Waals surface area contributed by atoms with Gasteiger partial charge in [-0.2, -0.15) is 0 Å². The molecule has 0 spiro atoms. The number of para-hydroxylation sites is 1. The number of benzene rings is 2. The van der Waals surface area contributed by atoms with Gasteiger partial charge in [-0.25, -0.2) is 8.42 Å². The van der Waals surface area contributed by atoms with Crippen LogP contribution in [0.25, 0.3) is 6.08 Å². The number of anilines is 1. The molecule has 2 N–H and O–H groups in total. The number of hydrogen-bond acceptors (Lipinski definition) is 3. The minimum absolute atomic E-state index is 0.680. The molecule has 0 saturated carbocycles. The highest BCUT2D eigenvalue weighted by atomic mass is 32.2. The highest BCUT2D eigenvalue weighted by Gasteiger charge is 2.03. The van der Waals surface area contributed by atoms with E-state index in [0.29, 0.717) is 5.69 Å². The topological polar surface area (TPSA) is 58.2 Å². The van der Waals surface area contributed by atoms with Crippen molar-refractivity contribution in [3.8, 4) is 0 Å². The zero-order valence-electron chi connectivity index (χ0n) is 10.2. The molecule has 2 aromatic rings. The van der Waals surface area contributed by atoms with Gasteiger partial charge in [-0.3, -0.25) is 0 Å². The van der Waals surface area contributed by atoms with Crippen LogP contribution in [0.3, 0.4) is 0 Å². The van der Waals surface area contributed by atoms with Gasteiger partial charge in [-0.1, -0.05) is 48.5 Å². The van der Waals surface area contributed by atoms with Crippen LogP contribution >= 0.6 is 0 Å². The van der Waals surface area contributed by atoms with Gasteiger partial charge in [0, 0.05) is 11.1 Å². The molecular weight excluding hydrogens is 260 g/mol. The number of nitrogens with one attached hydrogen (secondary N) is 2. The molecule has 5 heteroatoms. The summed E-state index contributed by atoms with van der Waals surface area (Å²) in [7, 11) is -3.52. The van der Waals surface area contributed by atoms with Crippen molar-refractivity contribution in [2.24, 2.45) is 0 Å². The third-order valence-electron chi connectivity index (χ3n) is 2.35. The Kier molecular flexibility index (Phi) is 4.33. The lowest BCUT2D eigenvalue weighted by Gasteiger charge is -2.05. The second kappa shape index (κ2) is 6.17. The molecule has 2 rings (SSSR count). The number of hydrogen-bond donors (Lipinski definition) is 2. The molecule has 0 heterocycles. The van der Waals surface area contributed by atoms with E-state index in [4.69, 9.17) is 0 Å². The largest absolute Gasteiger partial charge is 0.308 e. The van der Waals surface area contributed by atoms with Crippen LogP contribution in [-0.4, -0.2) is 8.42 Å². The fourth-order valence-electron chi connectivity index (χ4n) is 1.42. The van der Waals surface area contributed by atoms with Gasteiger partial charge in [0.2, 0.25) is 10.0 Å². The van der Waals surface area contributed by atoms with Crippen molar-refractivity contribution in [3.05, 3.63) is 71.6 Å². The Hall–Kier alpha value is -2.11. The summed E-state index contributed by atoms with van der Waals surface area (Å²) in [5.41, 5.74) is 4.14. The van der Waals surface area contributed by atoms with E-state index in [1.165, 1.54) is 6.08 Å².